The molecule has 0 bridgehead atoms. The minimum Gasteiger partial charge on any atom is -0.490 e. The highest BCUT2D eigenvalue weighted by atomic mass is 35.5. The molecule has 10 nitrogen and oxygen atoms in total. The number of nitrogens with one attached hydrogen (secondary N) is 2. The van der Waals surface area contributed by atoms with Gasteiger partial charge in [0.25, 0.3) is 5.91 Å². The van der Waals surface area contributed by atoms with Gasteiger partial charge in [0.15, 0.2) is 11.5 Å². The summed E-state index contributed by atoms with van der Waals surface area (Å²) in [5.74, 6) is 1.12. The number of hydrogen-bond acceptors (Lipinski definition) is 8. The molecule has 1 saturated heterocycles. The number of benzene rings is 1. The molecule has 2 fully saturated rings. The van der Waals surface area contributed by atoms with Gasteiger partial charge in [-0.05, 0) is 83.6 Å². The molecule has 1 saturated carbocycles. The lowest BCUT2D eigenvalue weighted by Crippen LogP contribution is -2.46. The fraction of sp³-hybridized carbons (Fsp3) is 0.536. The molecule has 1 aromatic heterocycles. The van der Waals surface area contributed by atoms with E-state index in [2.05, 4.69) is 25.7 Å². The summed E-state index contributed by atoms with van der Waals surface area (Å²) in [7, 11) is 0. The van der Waals surface area contributed by atoms with Crippen LogP contribution in [0.5, 0.6) is 5.75 Å². The van der Waals surface area contributed by atoms with Crippen LogP contribution >= 0.6 is 11.6 Å². The molecule has 0 radical (unpaired) electrons. The zero-order chi connectivity index (χ0) is 28.0. The second-order valence-corrected chi connectivity index (χ2v) is 11.4. The van der Waals surface area contributed by atoms with Gasteiger partial charge < -0.3 is 25.0 Å². The van der Waals surface area contributed by atoms with Gasteiger partial charge >= 0.3 is 6.09 Å². The second-order valence-electron chi connectivity index (χ2n) is 11.0. The Hall–Kier alpha value is -3.58. The lowest BCUT2D eigenvalue weighted by atomic mass is 9.93. The maximum Gasteiger partial charge on any atom is 0.407 e. The summed E-state index contributed by atoms with van der Waals surface area (Å²) in [6.45, 7) is 6.97. The smallest absolute Gasteiger partial charge is 0.407 e. The third kappa shape index (κ3) is 8.20. The lowest BCUT2D eigenvalue weighted by Gasteiger charge is -2.33. The van der Waals surface area contributed by atoms with Crippen LogP contribution in [0.2, 0.25) is 5.02 Å². The number of alkyl carbamates (subject to hydrolysis) is 1. The van der Waals surface area contributed by atoms with Crippen LogP contribution in [0.1, 0.15) is 75.3 Å². The Morgan fingerprint density at radius 1 is 1.00 bits per heavy atom. The van der Waals surface area contributed by atoms with Crippen molar-refractivity contribution < 1.29 is 19.1 Å². The molecule has 2 heterocycles. The minimum absolute atomic E-state index is 0.0321. The summed E-state index contributed by atoms with van der Waals surface area (Å²) >= 11 is 6.10. The molecule has 11 heteroatoms. The van der Waals surface area contributed by atoms with E-state index in [0.29, 0.717) is 22.2 Å². The largest absolute Gasteiger partial charge is 0.490 e. The van der Waals surface area contributed by atoms with Crippen molar-refractivity contribution in [2.24, 2.45) is 0 Å². The number of halogens is 1. The van der Waals surface area contributed by atoms with Crippen molar-refractivity contribution in [3.63, 3.8) is 0 Å². The molecule has 208 valence electrons. The molecule has 1 aliphatic heterocycles. The van der Waals surface area contributed by atoms with Crippen LogP contribution in [0, 0.1) is 11.3 Å². The highest BCUT2D eigenvalue weighted by molar-refractivity contribution is 6.31. The molecule has 2 amide bonds. The van der Waals surface area contributed by atoms with Gasteiger partial charge in [-0.25, -0.2) is 4.79 Å². The van der Waals surface area contributed by atoms with Crippen molar-refractivity contribution in [3.8, 4) is 11.8 Å². The molecule has 2 N–H and O–H groups in total. The summed E-state index contributed by atoms with van der Waals surface area (Å²) < 4.78 is 11.4. The summed E-state index contributed by atoms with van der Waals surface area (Å²) in [4.78, 5) is 26.9. The quantitative estimate of drug-likeness (QED) is 0.529. The third-order valence-corrected chi connectivity index (χ3v) is 7.11. The normalized spacial score (nSPS) is 20.0. The summed E-state index contributed by atoms with van der Waals surface area (Å²) in [5.41, 5.74) is 0.180. The first-order chi connectivity index (χ1) is 18.6. The van der Waals surface area contributed by atoms with Gasteiger partial charge in [0, 0.05) is 31.2 Å². The first-order valence-corrected chi connectivity index (χ1v) is 13.7. The van der Waals surface area contributed by atoms with E-state index in [-0.39, 0.29) is 29.8 Å². The fourth-order valence-corrected chi connectivity index (χ4v) is 4.99. The highest BCUT2D eigenvalue weighted by Crippen LogP contribution is 2.27. The molecule has 4 rings (SSSR count). The Morgan fingerprint density at radius 2 is 1.69 bits per heavy atom. The van der Waals surface area contributed by atoms with Gasteiger partial charge in [0.05, 0.1) is 16.7 Å². The molecule has 1 aliphatic carbocycles. The number of aromatic nitrogens is 2. The molecular weight excluding hydrogens is 520 g/mol. The van der Waals surface area contributed by atoms with Gasteiger partial charge in [0.2, 0.25) is 0 Å². The number of nitriles is 1. The van der Waals surface area contributed by atoms with E-state index in [9.17, 15) is 9.59 Å². The molecule has 39 heavy (non-hydrogen) atoms. The van der Waals surface area contributed by atoms with Gasteiger partial charge in [-0.1, -0.05) is 11.6 Å². The summed E-state index contributed by atoms with van der Waals surface area (Å²) in [6.07, 6.45) is 4.36. The van der Waals surface area contributed by atoms with E-state index in [1.165, 1.54) is 0 Å². The van der Waals surface area contributed by atoms with E-state index >= 15 is 0 Å². The maximum atomic E-state index is 12.8. The Kier molecular flexibility index (Phi) is 9.12. The van der Waals surface area contributed by atoms with Crippen molar-refractivity contribution in [1.29, 1.82) is 5.26 Å². The van der Waals surface area contributed by atoms with Crippen LogP contribution in [0.3, 0.4) is 0 Å². The third-order valence-electron chi connectivity index (χ3n) is 6.80. The van der Waals surface area contributed by atoms with Crippen LogP contribution in [0.25, 0.3) is 0 Å². The molecule has 2 aliphatic rings. The lowest BCUT2D eigenvalue weighted by molar-refractivity contribution is 0.0497. The SMILES string of the molecule is CC(C)(C)OC(=O)NC1CCN(c2ccc(C(=O)NC3CCC(Oc4ccc(C#N)c(Cl)c4)CC3)nn2)CC1. The van der Waals surface area contributed by atoms with Crippen molar-refractivity contribution in [2.75, 3.05) is 18.0 Å². The number of carbonyl (C=O) groups excluding carboxylic acids is 2. The van der Waals surface area contributed by atoms with Gasteiger partial charge in [-0.15, -0.1) is 10.2 Å². The zero-order valence-electron chi connectivity index (χ0n) is 22.6. The second kappa shape index (κ2) is 12.5. The average Bonchev–Trinajstić information content (AvgIpc) is 2.89. The van der Waals surface area contributed by atoms with Crippen LogP contribution in [0.15, 0.2) is 30.3 Å². The van der Waals surface area contributed by atoms with Crippen molar-refractivity contribution in [2.45, 2.75) is 83.1 Å². The molecule has 0 unspecified atom stereocenters. The maximum absolute atomic E-state index is 12.8. The zero-order valence-corrected chi connectivity index (χ0v) is 23.3. The number of hydrogen-bond donors (Lipinski definition) is 2. The van der Waals surface area contributed by atoms with E-state index in [4.69, 9.17) is 26.3 Å². The Morgan fingerprint density at radius 3 is 2.28 bits per heavy atom. The number of carbonyl (C=O) groups is 2. The number of nitrogens with zero attached hydrogens (tertiary/aromatic N) is 4. The number of amides is 2. The predicted molar refractivity (Wildman–Crippen MR) is 147 cm³/mol. The Balaban J connectivity index is 1.19. The standard InChI is InChI=1S/C28H35ClN6O4/c1-28(2,3)39-27(37)32-20-12-14-35(15-13-20)25-11-10-24(33-34-25)26(36)31-19-5-8-21(9-6-19)38-22-7-4-18(17-30)23(29)16-22/h4,7,10-11,16,19-21H,5-6,8-9,12-15H2,1-3H3,(H,31,36)(H,32,37). The number of ether oxygens (including phenoxy) is 2. The van der Waals surface area contributed by atoms with E-state index in [1.807, 2.05) is 32.9 Å². The van der Waals surface area contributed by atoms with E-state index in [0.717, 1.165) is 51.6 Å². The number of anilines is 1. The van der Waals surface area contributed by atoms with Crippen LogP contribution in [-0.2, 0) is 4.74 Å². The first-order valence-electron chi connectivity index (χ1n) is 13.3. The van der Waals surface area contributed by atoms with Gasteiger partial charge in [-0.3, -0.25) is 4.79 Å². The Labute approximate surface area is 234 Å². The molecule has 0 atom stereocenters. The minimum atomic E-state index is -0.523. The van der Waals surface area contributed by atoms with Crippen molar-refractivity contribution >= 4 is 29.4 Å². The number of rotatable bonds is 6. The highest BCUT2D eigenvalue weighted by Gasteiger charge is 2.26. The topological polar surface area (TPSA) is 129 Å². The summed E-state index contributed by atoms with van der Waals surface area (Å²) in [6, 6.07) is 10.7. The van der Waals surface area contributed by atoms with Crippen molar-refractivity contribution in [1.82, 2.24) is 20.8 Å². The van der Waals surface area contributed by atoms with Gasteiger partial charge in [-0.2, -0.15) is 5.26 Å². The molecular formula is C28H35ClN6O4. The van der Waals surface area contributed by atoms with Crippen molar-refractivity contribution in [3.05, 3.63) is 46.6 Å². The molecule has 2 aromatic rings. The predicted octanol–water partition coefficient (Wildman–Crippen LogP) is 4.62. The van der Waals surface area contributed by atoms with E-state index < -0.39 is 11.7 Å². The van der Waals surface area contributed by atoms with Gasteiger partial charge in [0.1, 0.15) is 17.4 Å². The van der Waals surface area contributed by atoms with Crippen LogP contribution in [-0.4, -0.2) is 59.1 Å². The monoisotopic (exact) mass is 554 g/mol. The molecule has 1 aromatic carbocycles. The average molecular weight is 555 g/mol. The van der Waals surface area contributed by atoms with E-state index in [1.54, 1.807) is 24.3 Å². The fourth-order valence-electron chi connectivity index (χ4n) is 4.78. The van der Waals surface area contributed by atoms with Crippen LogP contribution in [0.4, 0.5) is 10.6 Å². The molecule has 0 spiro atoms. The Bertz CT molecular complexity index is 1190. The van der Waals surface area contributed by atoms with Crippen LogP contribution < -0.4 is 20.3 Å². The number of piperidine rings is 1. The first kappa shape index (κ1) is 28.4. The summed E-state index contributed by atoms with van der Waals surface area (Å²) in [5, 5.41) is 23.8.